The van der Waals surface area contributed by atoms with Gasteiger partial charge >= 0.3 is 0 Å². The third-order valence-corrected chi connectivity index (χ3v) is 3.94. The molecule has 3 rings (SSSR count). The zero-order chi connectivity index (χ0) is 11.0. The lowest BCUT2D eigenvalue weighted by Gasteiger charge is -2.19. The second-order valence-corrected chi connectivity index (χ2v) is 4.96. The third kappa shape index (κ3) is 1.72. The first kappa shape index (κ1) is 10.2. The van der Waals surface area contributed by atoms with E-state index in [1.165, 1.54) is 17.6 Å². The summed E-state index contributed by atoms with van der Waals surface area (Å²) >= 11 is 1.40. The van der Waals surface area contributed by atoms with Crippen molar-refractivity contribution < 1.29 is 4.39 Å². The van der Waals surface area contributed by atoms with Crippen molar-refractivity contribution in [2.45, 2.75) is 18.8 Å². The summed E-state index contributed by atoms with van der Waals surface area (Å²) < 4.78 is 18.5. The average Bonchev–Trinajstić information content (AvgIpc) is 2.73. The van der Waals surface area contributed by atoms with E-state index in [0.717, 1.165) is 41.7 Å². The van der Waals surface area contributed by atoms with Crippen LogP contribution >= 0.6 is 11.5 Å². The average molecular weight is 235 g/mol. The van der Waals surface area contributed by atoms with Crippen molar-refractivity contribution in [3.8, 4) is 0 Å². The molecular formula is C12H12FN2S. The first-order valence-electron chi connectivity index (χ1n) is 5.52. The number of hydrogen-bond donors (Lipinski definition) is 0. The zero-order valence-electron chi connectivity index (χ0n) is 8.82. The summed E-state index contributed by atoms with van der Waals surface area (Å²) in [5.41, 5.74) is 1.15. The molecule has 0 unspecified atom stereocenters. The highest BCUT2D eigenvalue weighted by atomic mass is 32.1. The van der Waals surface area contributed by atoms with Gasteiger partial charge in [-0.3, -0.25) is 0 Å². The topological polar surface area (TPSA) is 27.0 Å². The zero-order valence-corrected chi connectivity index (χ0v) is 9.63. The molecule has 4 heteroatoms. The summed E-state index contributed by atoms with van der Waals surface area (Å²) in [6.45, 7) is 1.87. The van der Waals surface area contributed by atoms with E-state index in [0.29, 0.717) is 5.92 Å². The van der Waals surface area contributed by atoms with Gasteiger partial charge in [0.05, 0.1) is 10.4 Å². The van der Waals surface area contributed by atoms with Crippen molar-refractivity contribution >= 4 is 21.6 Å². The van der Waals surface area contributed by atoms with Gasteiger partial charge in [0.1, 0.15) is 5.82 Å². The van der Waals surface area contributed by atoms with E-state index < -0.39 is 0 Å². The quantitative estimate of drug-likeness (QED) is 0.746. The molecule has 0 bridgehead atoms. The molecule has 1 aliphatic rings. The summed E-state index contributed by atoms with van der Waals surface area (Å²) in [5, 5.41) is 5.47. The number of nitrogens with zero attached hydrogens (tertiary/aromatic N) is 2. The van der Waals surface area contributed by atoms with E-state index in [1.54, 1.807) is 6.07 Å². The minimum Gasteiger partial charge on any atom is -0.242 e. The maximum atomic E-state index is 13.1. The summed E-state index contributed by atoms with van der Waals surface area (Å²) in [4.78, 5) is 0. The second kappa shape index (κ2) is 4.11. The molecule has 16 heavy (non-hydrogen) atoms. The molecule has 1 radical (unpaired) electrons. The Morgan fingerprint density at radius 1 is 1.25 bits per heavy atom. The maximum Gasteiger partial charge on any atom is 0.124 e. The molecule has 2 aromatic rings. The Labute approximate surface area is 97.6 Å². The first-order valence-corrected chi connectivity index (χ1v) is 6.30. The molecule has 1 aromatic carbocycles. The number of hydrogen-bond acceptors (Lipinski definition) is 2. The third-order valence-electron chi connectivity index (χ3n) is 3.12. The standard InChI is InChI=1S/C12H12FN2S/c13-9-1-2-10-11(7-9)16-15-12(10)8-3-5-14-6-4-8/h1-2,7-8H,3-6H2. The van der Waals surface area contributed by atoms with Crippen molar-refractivity contribution in [2.24, 2.45) is 0 Å². The molecule has 1 aromatic heterocycles. The number of aromatic nitrogens is 1. The minimum absolute atomic E-state index is 0.179. The lowest BCUT2D eigenvalue weighted by molar-refractivity contribution is 0.450. The number of halogens is 1. The Morgan fingerprint density at radius 2 is 2.06 bits per heavy atom. The smallest absolute Gasteiger partial charge is 0.124 e. The van der Waals surface area contributed by atoms with Gasteiger partial charge in [0, 0.05) is 24.4 Å². The van der Waals surface area contributed by atoms with Crippen molar-refractivity contribution in [3.05, 3.63) is 29.7 Å². The van der Waals surface area contributed by atoms with Gasteiger partial charge in [-0.2, -0.15) is 4.37 Å². The minimum atomic E-state index is -0.179. The lowest BCUT2D eigenvalue weighted by atomic mass is 9.93. The van der Waals surface area contributed by atoms with Crippen molar-refractivity contribution in [3.63, 3.8) is 0 Å². The van der Waals surface area contributed by atoms with E-state index in [9.17, 15) is 4.39 Å². The molecule has 1 fully saturated rings. The summed E-state index contributed by atoms with van der Waals surface area (Å²) in [6, 6.07) is 4.95. The molecule has 1 saturated heterocycles. The SMILES string of the molecule is Fc1ccc2c(C3CC[N]CC3)nsc2c1. The molecule has 0 N–H and O–H groups in total. The van der Waals surface area contributed by atoms with Gasteiger partial charge in [0.2, 0.25) is 0 Å². The number of rotatable bonds is 1. The largest absolute Gasteiger partial charge is 0.242 e. The van der Waals surface area contributed by atoms with Crippen LogP contribution in [0.3, 0.4) is 0 Å². The van der Waals surface area contributed by atoms with Crippen LogP contribution in [0.15, 0.2) is 18.2 Å². The Balaban J connectivity index is 2.03. The molecule has 0 amide bonds. The fourth-order valence-electron chi connectivity index (χ4n) is 2.25. The molecular weight excluding hydrogens is 223 g/mol. The molecule has 83 valence electrons. The fourth-order valence-corrected chi connectivity index (χ4v) is 3.13. The van der Waals surface area contributed by atoms with Crippen molar-refractivity contribution in [1.82, 2.24) is 9.69 Å². The Kier molecular flexibility index (Phi) is 2.61. The van der Waals surface area contributed by atoms with E-state index >= 15 is 0 Å². The van der Waals surface area contributed by atoms with Gasteiger partial charge in [-0.05, 0) is 42.6 Å². The van der Waals surface area contributed by atoms with Crippen LogP contribution in [-0.2, 0) is 0 Å². The molecule has 0 spiro atoms. The molecule has 0 aliphatic carbocycles. The summed E-state index contributed by atoms with van der Waals surface area (Å²) in [5.74, 6) is 0.332. The van der Waals surface area contributed by atoms with Crippen LogP contribution in [0, 0.1) is 5.82 Å². The van der Waals surface area contributed by atoms with Crippen LogP contribution in [0.2, 0.25) is 0 Å². The summed E-state index contributed by atoms with van der Waals surface area (Å²) in [6.07, 6.45) is 2.16. The van der Waals surface area contributed by atoms with E-state index in [-0.39, 0.29) is 5.82 Å². The maximum absolute atomic E-state index is 13.1. The normalized spacial score (nSPS) is 18.1. The van der Waals surface area contributed by atoms with Crippen LogP contribution in [0.25, 0.3) is 10.1 Å². The Bertz CT molecular complexity index is 503. The van der Waals surface area contributed by atoms with Crippen LogP contribution in [-0.4, -0.2) is 17.5 Å². The van der Waals surface area contributed by atoms with E-state index in [1.807, 2.05) is 6.07 Å². The van der Waals surface area contributed by atoms with Crippen molar-refractivity contribution in [2.75, 3.05) is 13.1 Å². The predicted octanol–water partition coefficient (Wildman–Crippen LogP) is 2.92. The highest BCUT2D eigenvalue weighted by molar-refractivity contribution is 7.13. The number of benzene rings is 1. The first-order chi connectivity index (χ1) is 7.84. The Morgan fingerprint density at radius 3 is 2.88 bits per heavy atom. The molecule has 2 nitrogen and oxygen atoms in total. The monoisotopic (exact) mass is 235 g/mol. The van der Waals surface area contributed by atoms with Crippen LogP contribution in [0.4, 0.5) is 4.39 Å². The van der Waals surface area contributed by atoms with Gasteiger partial charge in [0.25, 0.3) is 0 Å². The fraction of sp³-hybridized carbons (Fsp3) is 0.417. The summed E-state index contributed by atoms with van der Waals surface area (Å²) in [7, 11) is 0. The predicted molar refractivity (Wildman–Crippen MR) is 63.4 cm³/mol. The highest BCUT2D eigenvalue weighted by Crippen LogP contribution is 2.33. The number of fused-ring (bicyclic) bond motifs is 1. The van der Waals surface area contributed by atoms with Gasteiger partial charge in [-0.15, -0.1) is 0 Å². The van der Waals surface area contributed by atoms with Gasteiger partial charge < -0.3 is 0 Å². The van der Waals surface area contributed by atoms with E-state index in [2.05, 4.69) is 9.69 Å². The van der Waals surface area contributed by atoms with Gasteiger partial charge in [0.15, 0.2) is 0 Å². The Hall–Kier alpha value is -1.00. The van der Waals surface area contributed by atoms with Gasteiger partial charge in [-0.25, -0.2) is 9.71 Å². The van der Waals surface area contributed by atoms with E-state index in [4.69, 9.17) is 0 Å². The highest BCUT2D eigenvalue weighted by Gasteiger charge is 2.20. The van der Waals surface area contributed by atoms with Crippen LogP contribution < -0.4 is 5.32 Å². The van der Waals surface area contributed by atoms with Crippen LogP contribution in [0.5, 0.6) is 0 Å². The molecule has 0 atom stereocenters. The lowest BCUT2D eigenvalue weighted by Crippen LogP contribution is -2.21. The molecule has 2 heterocycles. The molecule has 1 aliphatic heterocycles. The van der Waals surface area contributed by atoms with Crippen LogP contribution in [0.1, 0.15) is 24.5 Å². The number of piperidine rings is 1. The molecule has 0 saturated carbocycles. The van der Waals surface area contributed by atoms with Crippen molar-refractivity contribution in [1.29, 1.82) is 0 Å². The van der Waals surface area contributed by atoms with Gasteiger partial charge in [-0.1, -0.05) is 0 Å². The second-order valence-electron chi connectivity index (χ2n) is 4.15.